The molecule has 0 amide bonds. The molecule has 0 aromatic carbocycles. The van der Waals surface area contributed by atoms with Gasteiger partial charge in [-0.25, -0.2) is 0 Å². The quantitative estimate of drug-likeness (QED) is 0.481. The molecular formula is C17H35N. The highest BCUT2D eigenvalue weighted by Gasteiger charge is 2.14. The van der Waals surface area contributed by atoms with Gasteiger partial charge in [0, 0.05) is 0 Å². The Morgan fingerprint density at radius 2 is 1.28 bits per heavy atom. The molecule has 1 rings (SSSR count). The fourth-order valence-electron chi connectivity index (χ4n) is 2.93. The Balaban J connectivity index is 1.78. The second-order valence-electron chi connectivity index (χ2n) is 6.35. The zero-order valence-electron chi connectivity index (χ0n) is 12.9. The molecule has 1 heterocycles. The summed E-state index contributed by atoms with van der Waals surface area (Å²) in [5, 5.41) is 0. The molecule has 1 aliphatic rings. The molecule has 0 N–H and O–H groups in total. The first-order valence-corrected chi connectivity index (χ1v) is 8.55. The SMILES string of the molecule is CCCCCCCCCCCN1CCC(C)CC1. The van der Waals surface area contributed by atoms with E-state index in [-0.39, 0.29) is 0 Å². The predicted octanol–water partition coefficient (Wildman–Crippen LogP) is 5.25. The Morgan fingerprint density at radius 3 is 1.83 bits per heavy atom. The summed E-state index contributed by atoms with van der Waals surface area (Å²) in [6, 6.07) is 0. The van der Waals surface area contributed by atoms with Crippen LogP contribution in [0.1, 0.15) is 84.5 Å². The number of nitrogens with zero attached hydrogens (tertiary/aromatic N) is 1. The topological polar surface area (TPSA) is 3.24 Å². The van der Waals surface area contributed by atoms with Gasteiger partial charge in [-0.3, -0.25) is 0 Å². The van der Waals surface area contributed by atoms with Crippen molar-refractivity contribution in [1.29, 1.82) is 0 Å². The third-order valence-electron chi connectivity index (χ3n) is 4.45. The summed E-state index contributed by atoms with van der Waals surface area (Å²) in [6.07, 6.45) is 15.9. The second-order valence-corrected chi connectivity index (χ2v) is 6.35. The summed E-state index contributed by atoms with van der Waals surface area (Å²) in [6.45, 7) is 8.77. The Morgan fingerprint density at radius 1 is 0.778 bits per heavy atom. The van der Waals surface area contributed by atoms with Crippen molar-refractivity contribution in [3.63, 3.8) is 0 Å². The molecule has 1 nitrogen and oxygen atoms in total. The molecule has 108 valence electrons. The summed E-state index contributed by atoms with van der Waals surface area (Å²) < 4.78 is 0. The zero-order valence-corrected chi connectivity index (χ0v) is 12.9. The predicted molar refractivity (Wildman–Crippen MR) is 82.1 cm³/mol. The van der Waals surface area contributed by atoms with Crippen molar-refractivity contribution in [2.45, 2.75) is 84.5 Å². The normalized spacial score (nSPS) is 18.3. The summed E-state index contributed by atoms with van der Waals surface area (Å²) >= 11 is 0. The lowest BCUT2D eigenvalue weighted by Crippen LogP contribution is -2.33. The summed E-state index contributed by atoms with van der Waals surface area (Å²) in [5.41, 5.74) is 0. The first-order chi connectivity index (χ1) is 8.83. The molecule has 0 unspecified atom stereocenters. The lowest BCUT2D eigenvalue weighted by atomic mass is 9.99. The minimum atomic E-state index is 0.976. The molecule has 0 spiro atoms. The van der Waals surface area contributed by atoms with Crippen molar-refractivity contribution >= 4 is 0 Å². The smallest absolute Gasteiger partial charge is 0.00162 e. The molecule has 1 aliphatic heterocycles. The summed E-state index contributed by atoms with van der Waals surface area (Å²) in [4.78, 5) is 2.68. The number of hydrogen-bond acceptors (Lipinski definition) is 1. The van der Waals surface area contributed by atoms with Crippen LogP contribution >= 0.6 is 0 Å². The lowest BCUT2D eigenvalue weighted by Gasteiger charge is -2.30. The minimum absolute atomic E-state index is 0.976. The van der Waals surface area contributed by atoms with Gasteiger partial charge in [0.05, 0.1) is 0 Å². The Kier molecular flexibility index (Phi) is 9.65. The van der Waals surface area contributed by atoms with Gasteiger partial charge in [-0.1, -0.05) is 65.2 Å². The highest BCUT2D eigenvalue weighted by atomic mass is 15.1. The van der Waals surface area contributed by atoms with Crippen molar-refractivity contribution < 1.29 is 0 Å². The van der Waals surface area contributed by atoms with Crippen molar-refractivity contribution in [3.05, 3.63) is 0 Å². The maximum atomic E-state index is 2.68. The van der Waals surface area contributed by atoms with Gasteiger partial charge in [0.25, 0.3) is 0 Å². The molecule has 18 heavy (non-hydrogen) atoms. The Hall–Kier alpha value is -0.0400. The van der Waals surface area contributed by atoms with Crippen LogP contribution in [0.25, 0.3) is 0 Å². The van der Waals surface area contributed by atoms with Crippen LogP contribution < -0.4 is 0 Å². The van der Waals surface area contributed by atoms with Crippen LogP contribution in [0, 0.1) is 5.92 Å². The summed E-state index contributed by atoms with van der Waals surface area (Å²) in [5.74, 6) is 0.976. The Labute approximate surface area is 115 Å². The maximum Gasteiger partial charge on any atom is -0.00162 e. The second kappa shape index (κ2) is 10.8. The maximum absolute atomic E-state index is 2.68. The molecular weight excluding hydrogens is 218 g/mol. The van der Waals surface area contributed by atoms with Crippen molar-refractivity contribution in [2.75, 3.05) is 19.6 Å². The molecule has 1 saturated heterocycles. The van der Waals surface area contributed by atoms with E-state index in [1.54, 1.807) is 0 Å². The first kappa shape index (κ1) is 16.0. The third kappa shape index (κ3) is 8.13. The largest absolute Gasteiger partial charge is 0.303 e. The fraction of sp³-hybridized carbons (Fsp3) is 1.00. The van der Waals surface area contributed by atoms with Crippen LogP contribution in [-0.2, 0) is 0 Å². The van der Waals surface area contributed by atoms with Crippen LogP contribution in [0.3, 0.4) is 0 Å². The van der Waals surface area contributed by atoms with Crippen molar-refractivity contribution in [3.8, 4) is 0 Å². The molecule has 0 aliphatic carbocycles. The van der Waals surface area contributed by atoms with E-state index in [1.165, 1.54) is 90.3 Å². The number of rotatable bonds is 10. The number of piperidine rings is 1. The number of hydrogen-bond donors (Lipinski definition) is 0. The fourth-order valence-corrected chi connectivity index (χ4v) is 2.93. The molecule has 0 aromatic rings. The van der Waals surface area contributed by atoms with Crippen LogP contribution in [0.2, 0.25) is 0 Å². The van der Waals surface area contributed by atoms with Crippen molar-refractivity contribution in [1.82, 2.24) is 4.90 Å². The molecule has 0 bridgehead atoms. The van der Waals surface area contributed by atoms with Gasteiger partial charge in [-0.2, -0.15) is 0 Å². The van der Waals surface area contributed by atoms with Gasteiger partial charge in [-0.05, 0) is 44.8 Å². The van der Waals surface area contributed by atoms with Crippen LogP contribution in [0.5, 0.6) is 0 Å². The molecule has 0 atom stereocenters. The van der Waals surface area contributed by atoms with Crippen LogP contribution in [0.15, 0.2) is 0 Å². The molecule has 0 radical (unpaired) electrons. The van der Waals surface area contributed by atoms with Gasteiger partial charge >= 0.3 is 0 Å². The van der Waals surface area contributed by atoms with Gasteiger partial charge in [0.1, 0.15) is 0 Å². The zero-order chi connectivity index (χ0) is 13.1. The first-order valence-electron chi connectivity index (χ1n) is 8.55. The Bertz CT molecular complexity index is 170. The third-order valence-corrected chi connectivity index (χ3v) is 4.45. The van der Waals surface area contributed by atoms with Gasteiger partial charge in [0.2, 0.25) is 0 Å². The number of unbranched alkanes of at least 4 members (excludes halogenated alkanes) is 8. The van der Waals surface area contributed by atoms with Crippen molar-refractivity contribution in [2.24, 2.45) is 5.92 Å². The van der Waals surface area contributed by atoms with Crippen LogP contribution in [-0.4, -0.2) is 24.5 Å². The average Bonchev–Trinajstić information content (AvgIpc) is 2.39. The molecule has 0 saturated carbocycles. The minimum Gasteiger partial charge on any atom is -0.303 e. The molecule has 1 heteroatoms. The van der Waals surface area contributed by atoms with Gasteiger partial charge in [0.15, 0.2) is 0 Å². The van der Waals surface area contributed by atoms with E-state index in [0.29, 0.717) is 0 Å². The molecule has 1 fully saturated rings. The van der Waals surface area contributed by atoms with E-state index < -0.39 is 0 Å². The highest BCUT2D eigenvalue weighted by Crippen LogP contribution is 2.16. The highest BCUT2D eigenvalue weighted by molar-refractivity contribution is 4.69. The van der Waals surface area contributed by atoms with E-state index in [1.807, 2.05) is 0 Å². The van der Waals surface area contributed by atoms with E-state index >= 15 is 0 Å². The van der Waals surface area contributed by atoms with E-state index in [9.17, 15) is 0 Å². The monoisotopic (exact) mass is 253 g/mol. The lowest BCUT2D eigenvalue weighted by molar-refractivity contribution is 0.189. The van der Waals surface area contributed by atoms with E-state index in [4.69, 9.17) is 0 Å². The average molecular weight is 253 g/mol. The van der Waals surface area contributed by atoms with E-state index in [0.717, 1.165) is 5.92 Å². The van der Waals surface area contributed by atoms with Gasteiger partial charge in [-0.15, -0.1) is 0 Å². The van der Waals surface area contributed by atoms with Gasteiger partial charge < -0.3 is 4.90 Å². The summed E-state index contributed by atoms with van der Waals surface area (Å²) in [7, 11) is 0. The van der Waals surface area contributed by atoms with Crippen LogP contribution in [0.4, 0.5) is 0 Å². The standard InChI is InChI=1S/C17H35N/c1-3-4-5-6-7-8-9-10-11-14-18-15-12-17(2)13-16-18/h17H,3-16H2,1-2H3. The molecule has 0 aromatic heterocycles. The number of likely N-dealkylation sites (tertiary alicyclic amines) is 1. The van der Waals surface area contributed by atoms with E-state index in [2.05, 4.69) is 18.7 Å².